The van der Waals surface area contributed by atoms with Gasteiger partial charge in [-0.3, -0.25) is 4.79 Å². The van der Waals surface area contributed by atoms with E-state index in [2.05, 4.69) is 53.1 Å². The second kappa shape index (κ2) is 6.71. The number of anilines is 1. The van der Waals surface area contributed by atoms with Crippen LogP contribution in [0.5, 0.6) is 0 Å². The third-order valence-corrected chi connectivity index (χ3v) is 5.63. The SMILES string of the molecule is CN1CCC(n2ncc3c2NC(=O)CC3c2cnc(C(C)(C)C)nc2)CC1. The molecule has 2 aliphatic heterocycles. The highest BCUT2D eigenvalue weighted by Gasteiger charge is 2.33. The van der Waals surface area contributed by atoms with Crippen LogP contribution in [-0.2, 0) is 10.2 Å². The predicted molar refractivity (Wildman–Crippen MR) is 104 cm³/mol. The van der Waals surface area contributed by atoms with Gasteiger partial charge in [0.15, 0.2) is 0 Å². The maximum absolute atomic E-state index is 12.4. The van der Waals surface area contributed by atoms with E-state index in [9.17, 15) is 4.79 Å². The van der Waals surface area contributed by atoms with Gasteiger partial charge in [-0.25, -0.2) is 14.6 Å². The topological polar surface area (TPSA) is 75.9 Å². The van der Waals surface area contributed by atoms with Crippen LogP contribution in [0.4, 0.5) is 5.82 Å². The highest BCUT2D eigenvalue weighted by molar-refractivity contribution is 5.94. The average molecular weight is 368 g/mol. The van der Waals surface area contributed by atoms with Crippen LogP contribution in [0.1, 0.15) is 68.9 Å². The minimum atomic E-state index is -0.0906. The quantitative estimate of drug-likeness (QED) is 0.882. The number of fused-ring (bicyclic) bond motifs is 1. The molecule has 1 unspecified atom stereocenters. The van der Waals surface area contributed by atoms with E-state index in [-0.39, 0.29) is 17.2 Å². The molecule has 0 aliphatic carbocycles. The Morgan fingerprint density at radius 1 is 1.11 bits per heavy atom. The van der Waals surface area contributed by atoms with E-state index >= 15 is 0 Å². The molecule has 144 valence electrons. The molecule has 2 aliphatic rings. The van der Waals surface area contributed by atoms with Gasteiger partial charge in [-0.15, -0.1) is 0 Å². The summed E-state index contributed by atoms with van der Waals surface area (Å²) in [6, 6.07) is 0.337. The van der Waals surface area contributed by atoms with Gasteiger partial charge >= 0.3 is 0 Å². The number of likely N-dealkylation sites (tertiary alicyclic amines) is 1. The lowest BCUT2D eigenvalue weighted by Crippen LogP contribution is -2.33. The van der Waals surface area contributed by atoms with Gasteiger partial charge in [0.05, 0.1) is 12.2 Å². The summed E-state index contributed by atoms with van der Waals surface area (Å²) >= 11 is 0. The molecule has 0 aromatic carbocycles. The van der Waals surface area contributed by atoms with Crippen molar-refractivity contribution in [2.45, 2.75) is 57.4 Å². The molecule has 4 rings (SSSR count). The van der Waals surface area contributed by atoms with Crippen LogP contribution in [0.3, 0.4) is 0 Å². The van der Waals surface area contributed by atoms with Gasteiger partial charge in [0.25, 0.3) is 0 Å². The number of hydrogen-bond donors (Lipinski definition) is 1. The molecule has 2 aromatic rings. The van der Waals surface area contributed by atoms with Crippen molar-refractivity contribution in [1.29, 1.82) is 0 Å². The normalized spacial score (nSPS) is 21.8. The summed E-state index contributed by atoms with van der Waals surface area (Å²) in [4.78, 5) is 23.9. The van der Waals surface area contributed by atoms with E-state index < -0.39 is 0 Å². The molecular formula is C20H28N6O. The largest absolute Gasteiger partial charge is 0.311 e. The number of carbonyl (C=O) groups excluding carboxylic acids is 1. The molecular weight excluding hydrogens is 340 g/mol. The molecule has 1 N–H and O–H groups in total. The minimum absolute atomic E-state index is 0.0297. The van der Waals surface area contributed by atoms with E-state index in [1.165, 1.54) is 0 Å². The number of nitrogens with zero attached hydrogens (tertiary/aromatic N) is 5. The smallest absolute Gasteiger partial charge is 0.226 e. The van der Waals surface area contributed by atoms with Crippen molar-refractivity contribution in [3.63, 3.8) is 0 Å². The summed E-state index contributed by atoms with van der Waals surface area (Å²) in [7, 11) is 2.15. The van der Waals surface area contributed by atoms with Crippen molar-refractivity contribution in [3.05, 3.63) is 35.5 Å². The van der Waals surface area contributed by atoms with E-state index in [0.717, 1.165) is 48.7 Å². The van der Waals surface area contributed by atoms with Crippen LogP contribution in [-0.4, -0.2) is 50.7 Å². The molecule has 4 heterocycles. The number of aromatic nitrogens is 4. The first-order chi connectivity index (χ1) is 12.8. The van der Waals surface area contributed by atoms with Gasteiger partial charge in [-0.05, 0) is 38.5 Å². The van der Waals surface area contributed by atoms with Gasteiger partial charge in [0, 0.05) is 35.7 Å². The zero-order valence-electron chi connectivity index (χ0n) is 16.6. The van der Waals surface area contributed by atoms with Crippen molar-refractivity contribution >= 4 is 11.7 Å². The predicted octanol–water partition coefficient (Wildman–Crippen LogP) is 2.71. The summed E-state index contributed by atoms with van der Waals surface area (Å²) in [5.41, 5.74) is 1.95. The van der Waals surface area contributed by atoms with E-state index in [4.69, 9.17) is 0 Å². The second-order valence-corrected chi connectivity index (χ2v) is 8.82. The number of amides is 1. The molecule has 1 amide bonds. The molecule has 2 aromatic heterocycles. The first kappa shape index (κ1) is 18.1. The molecule has 7 heteroatoms. The monoisotopic (exact) mass is 368 g/mol. The fourth-order valence-corrected chi connectivity index (χ4v) is 3.96. The van der Waals surface area contributed by atoms with Gasteiger partial charge in [0.2, 0.25) is 5.91 Å². The highest BCUT2D eigenvalue weighted by Crippen LogP contribution is 2.39. The number of carbonyl (C=O) groups is 1. The van der Waals surface area contributed by atoms with E-state index in [0.29, 0.717) is 12.5 Å². The fourth-order valence-electron chi connectivity index (χ4n) is 3.96. The summed E-state index contributed by atoms with van der Waals surface area (Å²) in [5.74, 6) is 1.66. The van der Waals surface area contributed by atoms with Crippen LogP contribution in [0.15, 0.2) is 18.6 Å². The van der Waals surface area contributed by atoms with Crippen molar-refractivity contribution in [2.75, 3.05) is 25.5 Å². The fraction of sp³-hybridized carbons (Fsp3) is 0.600. The number of hydrogen-bond acceptors (Lipinski definition) is 5. The van der Waals surface area contributed by atoms with Crippen molar-refractivity contribution in [1.82, 2.24) is 24.6 Å². The van der Waals surface area contributed by atoms with E-state index in [1.54, 1.807) is 0 Å². The van der Waals surface area contributed by atoms with E-state index in [1.807, 2.05) is 23.3 Å². The molecule has 1 saturated heterocycles. The van der Waals surface area contributed by atoms with Gasteiger partial charge in [-0.2, -0.15) is 5.10 Å². The van der Waals surface area contributed by atoms with Crippen LogP contribution in [0.25, 0.3) is 0 Å². The zero-order valence-corrected chi connectivity index (χ0v) is 16.6. The number of nitrogens with one attached hydrogen (secondary N) is 1. The van der Waals surface area contributed by atoms with Crippen LogP contribution in [0, 0.1) is 0 Å². The third kappa shape index (κ3) is 3.48. The molecule has 0 saturated carbocycles. The molecule has 0 bridgehead atoms. The van der Waals surface area contributed by atoms with Crippen LogP contribution < -0.4 is 5.32 Å². The van der Waals surface area contributed by atoms with Crippen LogP contribution >= 0.6 is 0 Å². The summed E-state index contributed by atoms with van der Waals surface area (Å²) < 4.78 is 2.02. The Labute approximate surface area is 160 Å². The molecule has 1 atom stereocenters. The lowest BCUT2D eigenvalue weighted by molar-refractivity contribution is -0.116. The Morgan fingerprint density at radius 3 is 2.41 bits per heavy atom. The Bertz CT molecular complexity index is 827. The third-order valence-electron chi connectivity index (χ3n) is 5.63. The lowest BCUT2D eigenvalue weighted by atomic mass is 9.88. The summed E-state index contributed by atoms with van der Waals surface area (Å²) in [6.07, 6.45) is 8.16. The van der Waals surface area contributed by atoms with Crippen molar-refractivity contribution in [2.24, 2.45) is 0 Å². The molecule has 7 nitrogen and oxygen atoms in total. The highest BCUT2D eigenvalue weighted by atomic mass is 16.1. The van der Waals surface area contributed by atoms with Gasteiger partial charge < -0.3 is 10.2 Å². The Hall–Kier alpha value is -2.28. The van der Waals surface area contributed by atoms with Crippen molar-refractivity contribution in [3.8, 4) is 0 Å². The van der Waals surface area contributed by atoms with Crippen LogP contribution in [0.2, 0.25) is 0 Å². The maximum atomic E-state index is 12.4. The summed E-state index contributed by atoms with van der Waals surface area (Å²) in [6.45, 7) is 8.40. The van der Waals surface area contributed by atoms with Gasteiger partial charge in [-0.1, -0.05) is 20.8 Å². The first-order valence-corrected chi connectivity index (χ1v) is 9.71. The Kier molecular flexibility index (Phi) is 4.50. The second-order valence-electron chi connectivity index (χ2n) is 8.82. The number of piperidine rings is 1. The molecule has 27 heavy (non-hydrogen) atoms. The zero-order chi connectivity index (χ0) is 19.2. The first-order valence-electron chi connectivity index (χ1n) is 9.71. The average Bonchev–Trinajstić information content (AvgIpc) is 3.05. The summed E-state index contributed by atoms with van der Waals surface area (Å²) in [5, 5.41) is 7.72. The minimum Gasteiger partial charge on any atom is -0.311 e. The van der Waals surface area contributed by atoms with Gasteiger partial charge in [0.1, 0.15) is 11.6 Å². The molecule has 0 radical (unpaired) electrons. The molecule has 0 spiro atoms. The Balaban J connectivity index is 1.65. The number of rotatable bonds is 2. The standard InChI is InChI=1S/C20H28N6O/c1-20(2,3)19-21-10-13(11-22-19)15-9-17(27)24-18-16(15)12-23-26(18)14-5-7-25(4)8-6-14/h10-12,14-15H,5-9H2,1-4H3,(H,24,27). The maximum Gasteiger partial charge on any atom is 0.226 e. The Morgan fingerprint density at radius 2 is 1.78 bits per heavy atom. The molecule has 1 fully saturated rings. The lowest BCUT2D eigenvalue weighted by Gasteiger charge is -2.31. The van der Waals surface area contributed by atoms with Crippen molar-refractivity contribution < 1.29 is 4.79 Å².